The fraction of sp³-hybridized carbons (Fsp3) is 0.625. The molecular formula is C16H24ClN3O3. The Morgan fingerprint density at radius 3 is 2.52 bits per heavy atom. The third-order valence-corrected chi connectivity index (χ3v) is 3.59. The molecule has 6 nitrogen and oxygen atoms in total. The number of hydrogen-bond donors (Lipinski definition) is 0. The first-order valence-electron chi connectivity index (χ1n) is 7.81. The first-order chi connectivity index (χ1) is 10.8. The van der Waals surface area contributed by atoms with Gasteiger partial charge in [-0.3, -0.25) is 0 Å². The Balaban J connectivity index is 2.01. The number of amides is 1. The fourth-order valence-corrected chi connectivity index (χ4v) is 2.52. The molecule has 1 aromatic heterocycles. The molecule has 0 N–H and O–H groups in total. The van der Waals surface area contributed by atoms with E-state index >= 15 is 0 Å². The number of carbonyl (C=O) groups excluding carboxylic acids is 1. The van der Waals surface area contributed by atoms with E-state index in [1.165, 1.54) is 0 Å². The molecule has 0 bridgehead atoms. The van der Waals surface area contributed by atoms with Crippen molar-refractivity contribution in [2.45, 2.75) is 33.3 Å². The number of nitrogens with zero attached hydrogens (tertiary/aromatic N) is 3. The predicted octanol–water partition coefficient (Wildman–Crippen LogP) is 3.19. The van der Waals surface area contributed by atoms with Gasteiger partial charge in [-0.15, -0.1) is 0 Å². The molecule has 0 atom stereocenters. The minimum atomic E-state index is -0.476. The average molecular weight is 342 g/mol. The standard InChI is InChI=1S/C16H24ClN3O3/c1-5-22-13-10-14(17)18-11-12(13)19-6-8-20(9-7-19)15(21)23-16(2,3)4/h10-11H,5-9H2,1-4H3. The van der Waals surface area contributed by atoms with E-state index in [2.05, 4.69) is 9.88 Å². The number of piperazine rings is 1. The van der Waals surface area contributed by atoms with Crippen LogP contribution in [-0.2, 0) is 4.74 Å². The number of aromatic nitrogens is 1. The van der Waals surface area contributed by atoms with Crippen LogP contribution in [0.1, 0.15) is 27.7 Å². The highest BCUT2D eigenvalue weighted by atomic mass is 35.5. The van der Waals surface area contributed by atoms with Gasteiger partial charge in [-0.05, 0) is 27.7 Å². The van der Waals surface area contributed by atoms with Crippen molar-refractivity contribution in [2.75, 3.05) is 37.7 Å². The number of hydrogen-bond acceptors (Lipinski definition) is 5. The molecule has 7 heteroatoms. The molecule has 1 aliphatic rings. The van der Waals surface area contributed by atoms with E-state index < -0.39 is 5.60 Å². The van der Waals surface area contributed by atoms with Crippen molar-refractivity contribution in [3.8, 4) is 5.75 Å². The molecule has 0 spiro atoms. The van der Waals surface area contributed by atoms with E-state index in [0.717, 1.165) is 11.4 Å². The van der Waals surface area contributed by atoms with E-state index in [9.17, 15) is 4.79 Å². The summed E-state index contributed by atoms with van der Waals surface area (Å²) in [6.45, 7) is 10.7. The zero-order chi connectivity index (χ0) is 17.0. The van der Waals surface area contributed by atoms with Gasteiger partial charge < -0.3 is 19.3 Å². The monoisotopic (exact) mass is 341 g/mol. The lowest BCUT2D eigenvalue weighted by molar-refractivity contribution is 0.0240. The lowest BCUT2D eigenvalue weighted by Crippen LogP contribution is -2.50. The molecule has 0 aliphatic carbocycles. The molecule has 23 heavy (non-hydrogen) atoms. The first kappa shape index (κ1) is 17.7. The molecule has 0 aromatic carbocycles. The summed E-state index contributed by atoms with van der Waals surface area (Å²) < 4.78 is 11.1. The van der Waals surface area contributed by atoms with Crippen molar-refractivity contribution >= 4 is 23.4 Å². The van der Waals surface area contributed by atoms with Gasteiger partial charge in [-0.25, -0.2) is 9.78 Å². The highest BCUT2D eigenvalue weighted by molar-refractivity contribution is 6.29. The van der Waals surface area contributed by atoms with Crippen LogP contribution in [-0.4, -0.2) is 54.4 Å². The average Bonchev–Trinajstić information content (AvgIpc) is 2.46. The van der Waals surface area contributed by atoms with Crippen LogP contribution in [0.3, 0.4) is 0 Å². The molecule has 1 aliphatic heterocycles. The van der Waals surface area contributed by atoms with Crippen LogP contribution in [0.15, 0.2) is 12.3 Å². The maximum atomic E-state index is 12.1. The maximum absolute atomic E-state index is 12.1. The molecule has 1 saturated heterocycles. The summed E-state index contributed by atoms with van der Waals surface area (Å²) in [4.78, 5) is 20.1. The summed E-state index contributed by atoms with van der Waals surface area (Å²) in [6.07, 6.45) is 1.45. The molecule has 0 radical (unpaired) electrons. The van der Waals surface area contributed by atoms with E-state index in [-0.39, 0.29) is 6.09 Å². The molecule has 0 saturated carbocycles. The summed E-state index contributed by atoms with van der Waals surface area (Å²) in [6, 6.07) is 1.72. The number of anilines is 1. The van der Waals surface area contributed by atoms with E-state index in [4.69, 9.17) is 21.1 Å². The lowest BCUT2D eigenvalue weighted by Gasteiger charge is -2.37. The largest absolute Gasteiger partial charge is 0.492 e. The lowest BCUT2D eigenvalue weighted by atomic mass is 10.2. The summed E-state index contributed by atoms with van der Waals surface area (Å²) in [5.74, 6) is 0.721. The maximum Gasteiger partial charge on any atom is 0.410 e. The normalized spacial score (nSPS) is 15.5. The second kappa shape index (κ2) is 7.25. The number of ether oxygens (including phenoxy) is 2. The Morgan fingerprint density at radius 1 is 1.30 bits per heavy atom. The molecule has 0 unspecified atom stereocenters. The summed E-state index contributed by atoms with van der Waals surface area (Å²) >= 11 is 5.94. The van der Waals surface area contributed by atoms with Gasteiger partial charge in [0, 0.05) is 32.2 Å². The number of halogens is 1. The van der Waals surface area contributed by atoms with Crippen LogP contribution >= 0.6 is 11.6 Å². The van der Waals surface area contributed by atoms with Crippen LogP contribution in [0.5, 0.6) is 5.75 Å². The third kappa shape index (κ3) is 4.89. The Bertz CT molecular complexity index is 552. The molecule has 128 valence electrons. The van der Waals surface area contributed by atoms with Gasteiger partial charge in [0.05, 0.1) is 18.5 Å². The topological polar surface area (TPSA) is 54.9 Å². The van der Waals surface area contributed by atoms with Crippen molar-refractivity contribution in [1.82, 2.24) is 9.88 Å². The van der Waals surface area contributed by atoms with Crippen LogP contribution in [0.2, 0.25) is 5.15 Å². The summed E-state index contributed by atoms with van der Waals surface area (Å²) in [7, 11) is 0. The van der Waals surface area contributed by atoms with Crippen LogP contribution < -0.4 is 9.64 Å². The van der Waals surface area contributed by atoms with E-state index in [1.54, 1.807) is 17.2 Å². The van der Waals surface area contributed by atoms with Crippen LogP contribution in [0.4, 0.5) is 10.5 Å². The predicted molar refractivity (Wildman–Crippen MR) is 90.4 cm³/mol. The second-order valence-corrected chi connectivity index (χ2v) is 6.75. The van der Waals surface area contributed by atoms with Gasteiger partial charge in [-0.1, -0.05) is 11.6 Å². The zero-order valence-corrected chi connectivity index (χ0v) is 14.9. The molecule has 2 heterocycles. The highest BCUT2D eigenvalue weighted by Crippen LogP contribution is 2.30. The van der Waals surface area contributed by atoms with Gasteiger partial charge >= 0.3 is 6.09 Å². The van der Waals surface area contributed by atoms with Crippen molar-refractivity contribution < 1.29 is 14.3 Å². The van der Waals surface area contributed by atoms with Gasteiger partial charge in [0.1, 0.15) is 16.5 Å². The second-order valence-electron chi connectivity index (χ2n) is 6.36. The molecule has 2 rings (SSSR count). The van der Waals surface area contributed by atoms with Crippen molar-refractivity contribution in [2.24, 2.45) is 0 Å². The third-order valence-electron chi connectivity index (χ3n) is 3.38. The van der Waals surface area contributed by atoms with Crippen molar-refractivity contribution in [3.05, 3.63) is 17.4 Å². The van der Waals surface area contributed by atoms with E-state index in [1.807, 2.05) is 27.7 Å². The van der Waals surface area contributed by atoms with Crippen LogP contribution in [0.25, 0.3) is 0 Å². The Hall–Kier alpha value is -1.69. The van der Waals surface area contributed by atoms with Gasteiger partial charge in [0.25, 0.3) is 0 Å². The van der Waals surface area contributed by atoms with Crippen molar-refractivity contribution in [1.29, 1.82) is 0 Å². The Morgan fingerprint density at radius 2 is 1.96 bits per heavy atom. The fourth-order valence-electron chi connectivity index (χ4n) is 2.37. The van der Waals surface area contributed by atoms with Crippen molar-refractivity contribution in [3.63, 3.8) is 0 Å². The molecule has 1 fully saturated rings. The summed E-state index contributed by atoms with van der Waals surface area (Å²) in [5, 5.41) is 0.407. The number of carbonyl (C=O) groups is 1. The van der Waals surface area contributed by atoms with Gasteiger partial charge in [0.15, 0.2) is 0 Å². The first-order valence-corrected chi connectivity index (χ1v) is 8.19. The number of pyridine rings is 1. The molecular weight excluding hydrogens is 318 g/mol. The van der Waals surface area contributed by atoms with Crippen LogP contribution in [0, 0.1) is 0 Å². The molecule has 1 amide bonds. The van der Waals surface area contributed by atoms with Gasteiger partial charge in [0.2, 0.25) is 0 Å². The smallest absolute Gasteiger partial charge is 0.410 e. The SMILES string of the molecule is CCOc1cc(Cl)ncc1N1CCN(C(=O)OC(C)(C)C)CC1. The minimum absolute atomic E-state index is 0.267. The Labute approximate surface area is 142 Å². The molecule has 1 aromatic rings. The highest BCUT2D eigenvalue weighted by Gasteiger charge is 2.27. The Kier molecular flexibility index (Phi) is 5.57. The quantitative estimate of drug-likeness (QED) is 0.790. The summed E-state index contributed by atoms with van der Waals surface area (Å²) in [5.41, 5.74) is 0.427. The zero-order valence-electron chi connectivity index (χ0n) is 14.1. The van der Waals surface area contributed by atoms with E-state index in [0.29, 0.717) is 37.9 Å². The van der Waals surface area contributed by atoms with Gasteiger partial charge in [-0.2, -0.15) is 0 Å². The minimum Gasteiger partial charge on any atom is -0.492 e. The number of rotatable bonds is 3.